The van der Waals surface area contributed by atoms with Crippen LogP contribution in [0, 0.1) is 13.8 Å². The van der Waals surface area contributed by atoms with E-state index in [2.05, 4.69) is 10.1 Å². The van der Waals surface area contributed by atoms with Gasteiger partial charge in [-0.3, -0.25) is 4.68 Å². The van der Waals surface area contributed by atoms with E-state index in [1.807, 2.05) is 18.4 Å². The molecule has 17 heavy (non-hydrogen) atoms. The number of aromatic nitrogens is 4. The van der Waals surface area contributed by atoms with E-state index in [-0.39, 0.29) is 5.56 Å². The highest BCUT2D eigenvalue weighted by molar-refractivity contribution is 5.88. The van der Waals surface area contributed by atoms with E-state index in [0.29, 0.717) is 12.2 Å². The fourth-order valence-corrected chi connectivity index (χ4v) is 1.69. The third-order valence-corrected chi connectivity index (χ3v) is 2.96. The molecule has 90 valence electrons. The molecule has 6 heteroatoms. The van der Waals surface area contributed by atoms with Crippen LogP contribution in [0.15, 0.2) is 12.5 Å². The Labute approximate surface area is 98.5 Å². The number of rotatable bonds is 3. The van der Waals surface area contributed by atoms with E-state index < -0.39 is 5.97 Å². The van der Waals surface area contributed by atoms with Crippen LogP contribution in [0.2, 0.25) is 0 Å². The number of carboxylic acid groups (broad SMARTS) is 1. The predicted octanol–water partition coefficient (Wildman–Crippen LogP) is 0.980. The molecule has 0 aliphatic rings. The highest BCUT2D eigenvalue weighted by Gasteiger charge is 2.16. The van der Waals surface area contributed by atoms with E-state index in [9.17, 15) is 4.79 Å². The minimum atomic E-state index is -0.956. The lowest BCUT2D eigenvalue weighted by Gasteiger charge is -2.07. The first kappa shape index (κ1) is 11.4. The Kier molecular flexibility index (Phi) is 2.71. The molecule has 2 rings (SSSR count). The summed E-state index contributed by atoms with van der Waals surface area (Å²) in [7, 11) is 1.74. The van der Waals surface area contributed by atoms with Crippen LogP contribution in [0.4, 0.5) is 0 Å². The van der Waals surface area contributed by atoms with Gasteiger partial charge in [0.2, 0.25) is 0 Å². The summed E-state index contributed by atoms with van der Waals surface area (Å²) in [6, 6.07) is 0. The van der Waals surface area contributed by atoms with Crippen molar-refractivity contribution in [1.29, 1.82) is 0 Å². The van der Waals surface area contributed by atoms with Gasteiger partial charge in [-0.1, -0.05) is 0 Å². The minimum absolute atomic E-state index is 0.234. The van der Waals surface area contributed by atoms with Crippen molar-refractivity contribution in [3.63, 3.8) is 0 Å². The van der Waals surface area contributed by atoms with E-state index in [0.717, 1.165) is 11.4 Å². The molecule has 0 unspecified atom stereocenters. The topological polar surface area (TPSA) is 72.9 Å². The molecule has 2 heterocycles. The normalized spacial score (nSPS) is 10.8. The summed E-state index contributed by atoms with van der Waals surface area (Å²) in [5.74, 6) is -0.956. The summed E-state index contributed by atoms with van der Waals surface area (Å²) >= 11 is 0. The summed E-state index contributed by atoms with van der Waals surface area (Å²) in [6.45, 7) is 4.34. The second kappa shape index (κ2) is 4.04. The van der Waals surface area contributed by atoms with Crippen LogP contribution < -0.4 is 0 Å². The zero-order valence-corrected chi connectivity index (χ0v) is 10.0. The number of aromatic carboxylic acids is 1. The third-order valence-electron chi connectivity index (χ3n) is 2.96. The molecule has 6 nitrogen and oxygen atoms in total. The fraction of sp³-hybridized carbons (Fsp3) is 0.364. The Balaban J connectivity index is 2.39. The smallest absolute Gasteiger partial charge is 0.339 e. The van der Waals surface area contributed by atoms with Crippen molar-refractivity contribution in [2.24, 2.45) is 7.05 Å². The molecule has 0 aliphatic carbocycles. The number of nitrogens with zero attached hydrogens (tertiary/aromatic N) is 4. The number of imidazole rings is 1. The maximum Gasteiger partial charge on any atom is 0.339 e. The Morgan fingerprint density at radius 2 is 2.18 bits per heavy atom. The Morgan fingerprint density at radius 3 is 2.71 bits per heavy atom. The van der Waals surface area contributed by atoms with Gasteiger partial charge in [0.05, 0.1) is 30.5 Å². The second-order valence-electron chi connectivity index (χ2n) is 3.98. The number of hydrogen-bond acceptors (Lipinski definition) is 3. The Hall–Kier alpha value is -2.11. The van der Waals surface area contributed by atoms with Crippen molar-refractivity contribution in [1.82, 2.24) is 19.3 Å². The molecule has 2 aromatic heterocycles. The van der Waals surface area contributed by atoms with Crippen LogP contribution in [-0.4, -0.2) is 30.4 Å². The van der Waals surface area contributed by atoms with Gasteiger partial charge in [0.25, 0.3) is 0 Å². The van der Waals surface area contributed by atoms with Gasteiger partial charge in [0.1, 0.15) is 5.56 Å². The maximum atomic E-state index is 11.0. The third kappa shape index (κ3) is 1.93. The quantitative estimate of drug-likeness (QED) is 0.859. The summed E-state index contributed by atoms with van der Waals surface area (Å²) in [5.41, 5.74) is 2.88. The van der Waals surface area contributed by atoms with E-state index in [4.69, 9.17) is 5.11 Å². The highest BCUT2D eigenvalue weighted by atomic mass is 16.4. The molecule has 0 amide bonds. The van der Waals surface area contributed by atoms with Gasteiger partial charge in [0.15, 0.2) is 0 Å². The lowest BCUT2D eigenvalue weighted by Crippen LogP contribution is -2.10. The molecule has 0 saturated carbocycles. The van der Waals surface area contributed by atoms with E-state index in [1.165, 1.54) is 6.20 Å². The molecule has 0 fully saturated rings. The molecule has 0 aliphatic heterocycles. The van der Waals surface area contributed by atoms with Crippen LogP contribution in [-0.2, 0) is 13.6 Å². The van der Waals surface area contributed by atoms with Crippen molar-refractivity contribution in [3.8, 4) is 0 Å². The first-order valence-corrected chi connectivity index (χ1v) is 5.23. The molecule has 0 saturated heterocycles. The molecule has 2 aromatic rings. The van der Waals surface area contributed by atoms with Crippen molar-refractivity contribution in [3.05, 3.63) is 35.2 Å². The predicted molar refractivity (Wildman–Crippen MR) is 61.0 cm³/mol. The average molecular weight is 234 g/mol. The summed E-state index contributed by atoms with van der Waals surface area (Å²) in [4.78, 5) is 15.2. The van der Waals surface area contributed by atoms with Crippen LogP contribution in [0.5, 0.6) is 0 Å². The SMILES string of the molecule is Cc1ncn(Cc2c(C(=O)O)cnn2C)c1C. The monoisotopic (exact) mass is 234 g/mol. The van der Waals surface area contributed by atoms with Crippen molar-refractivity contribution in [2.45, 2.75) is 20.4 Å². The minimum Gasteiger partial charge on any atom is -0.478 e. The van der Waals surface area contributed by atoms with Gasteiger partial charge in [0, 0.05) is 12.7 Å². The Morgan fingerprint density at radius 1 is 1.47 bits per heavy atom. The first-order chi connectivity index (χ1) is 8.00. The zero-order valence-electron chi connectivity index (χ0n) is 10.0. The van der Waals surface area contributed by atoms with E-state index >= 15 is 0 Å². The molecule has 0 aromatic carbocycles. The molecule has 0 atom stereocenters. The van der Waals surface area contributed by atoms with Gasteiger partial charge < -0.3 is 9.67 Å². The lowest BCUT2D eigenvalue weighted by atomic mass is 10.2. The van der Waals surface area contributed by atoms with Gasteiger partial charge in [-0.05, 0) is 13.8 Å². The number of carboxylic acids is 1. The summed E-state index contributed by atoms with van der Waals surface area (Å²) in [5, 5.41) is 13.0. The maximum absolute atomic E-state index is 11.0. The standard InChI is InChI=1S/C11H14N4O2/c1-7-8(2)15(6-12-7)5-10-9(11(16)17)4-13-14(10)3/h4,6H,5H2,1-3H3,(H,16,17). The van der Waals surface area contributed by atoms with Crippen molar-refractivity contribution >= 4 is 5.97 Å². The molecule has 0 bridgehead atoms. The number of carbonyl (C=O) groups is 1. The zero-order chi connectivity index (χ0) is 12.6. The fourth-order valence-electron chi connectivity index (χ4n) is 1.69. The largest absolute Gasteiger partial charge is 0.478 e. The van der Waals surface area contributed by atoms with Crippen LogP contribution in [0.3, 0.4) is 0 Å². The highest BCUT2D eigenvalue weighted by Crippen LogP contribution is 2.12. The lowest BCUT2D eigenvalue weighted by molar-refractivity contribution is 0.0695. The molecule has 1 N–H and O–H groups in total. The van der Waals surface area contributed by atoms with Gasteiger partial charge in [-0.15, -0.1) is 0 Å². The second-order valence-corrected chi connectivity index (χ2v) is 3.98. The molecular weight excluding hydrogens is 220 g/mol. The average Bonchev–Trinajstić information content (AvgIpc) is 2.78. The van der Waals surface area contributed by atoms with Gasteiger partial charge in [-0.25, -0.2) is 9.78 Å². The van der Waals surface area contributed by atoms with Crippen LogP contribution in [0.1, 0.15) is 27.4 Å². The van der Waals surface area contributed by atoms with Crippen LogP contribution >= 0.6 is 0 Å². The molecule has 0 radical (unpaired) electrons. The van der Waals surface area contributed by atoms with Crippen molar-refractivity contribution in [2.75, 3.05) is 0 Å². The number of aryl methyl sites for hydroxylation is 2. The molecule has 0 spiro atoms. The molecular formula is C11H14N4O2. The summed E-state index contributed by atoms with van der Waals surface area (Å²) < 4.78 is 3.50. The van der Waals surface area contributed by atoms with Gasteiger partial charge in [-0.2, -0.15) is 5.10 Å². The first-order valence-electron chi connectivity index (χ1n) is 5.23. The summed E-state index contributed by atoms with van der Waals surface area (Å²) in [6.07, 6.45) is 3.08. The van der Waals surface area contributed by atoms with Crippen LogP contribution in [0.25, 0.3) is 0 Å². The number of hydrogen-bond donors (Lipinski definition) is 1. The van der Waals surface area contributed by atoms with E-state index in [1.54, 1.807) is 18.1 Å². The Bertz CT molecular complexity index is 568. The van der Waals surface area contributed by atoms with Gasteiger partial charge >= 0.3 is 5.97 Å². The van der Waals surface area contributed by atoms with Crippen molar-refractivity contribution < 1.29 is 9.90 Å².